The summed E-state index contributed by atoms with van der Waals surface area (Å²) in [6, 6.07) is 12.6. The highest BCUT2D eigenvalue weighted by Gasteiger charge is 2.06. The molecule has 0 fully saturated rings. The number of benzene rings is 2. The highest BCUT2D eigenvalue weighted by atomic mass is 16.5. The van der Waals surface area contributed by atoms with Crippen LogP contribution in [0.4, 0.5) is 0 Å². The molecular weight excluding hydrogens is 306 g/mol. The van der Waals surface area contributed by atoms with Crippen LogP contribution in [0.1, 0.15) is 27.0 Å². The predicted molar refractivity (Wildman–Crippen MR) is 91.0 cm³/mol. The second-order valence-corrected chi connectivity index (χ2v) is 5.50. The molecule has 24 heavy (non-hydrogen) atoms. The second-order valence-electron chi connectivity index (χ2n) is 5.50. The Hall–Kier alpha value is -2.82. The third-order valence-electron chi connectivity index (χ3n) is 3.71. The van der Waals surface area contributed by atoms with Gasteiger partial charge in [0.1, 0.15) is 5.75 Å². The van der Waals surface area contributed by atoms with Gasteiger partial charge in [-0.2, -0.15) is 0 Å². The van der Waals surface area contributed by atoms with Crippen molar-refractivity contribution in [3.63, 3.8) is 0 Å². The minimum absolute atomic E-state index is 0.0389. The number of esters is 1. The largest absolute Gasteiger partial charge is 0.484 e. The van der Waals surface area contributed by atoms with Crippen molar-refractivity contribution in [3.05, 3.63) is 64.7 Å². The Kier molecular flexibility index (Phi) is 5.95. The van der Waals surface area contributed by atoms with Gasteiger partial charge in [0, 0.05) is 6.54 Å². The second kappa shape index (κ2) is 8.15. The van der Waals surface area contributed by atoms with Crippen molar-refractivity contribution in [1.82, 2.24) is 5.32 Å². The number of amides is 1. The average molecular weight is 327 g/mol. The molecule has 126 valence electrons. The van der Waals surface area contributed by atoms with E-state index in [-0.39, 0.29) is 18.5 Å². The van der Waals surface area contributed by atoms with Crippen molar-refractivity contribution in [2.45, 2.75) is 20.4 Å². The van der Waals surface area contributed by atoms with E-state index >= 15 is 0 Å². The Balaban J connectivity index is 1.80. The fourth-order valence-electron chi connectivity index (χ4n) is 2.08. The molecule has 0 saturated heterocycles. The first-order valence-electron chi connectivity index (χ1n) is 7.63. The van der Waals surface area contributed by atoms with Crippen LogP contribution < -0.4 is 10.1 Å². The first-order valence-corrected chi connectivity index (χ1v) is 7.63. The Morgan fingerprint density at radius 2 is 1.71 bits per heavy atom. The first-order chi connectivity index (χ1) is 11.5. The molecular formula is C19H21NO4. The molecule has 0 unspecified atom stereocenters. The van der Waals surface area contributed by atoms with E-state index < -0.39 is 0 Å². The van der Waals surface area contributed by atoms with Gasteiger partial charge >= 0.3 is 5.97 Å². The van der Waals surface area contributed by atoms with Gasteiger partial charge in [-0.25, -0.2) is 4.79 Å². The number of carbonyl (C=O) groups is 2. The van der Waals surface area contributed by atoms with Crippen molar-refractivity contribution >= 4 is 11.9 Å². The van der Waals surface area contributed by atoms with E-state index in [4.69, 9.17) is 4.74 Å². The zero-order chi connectivity index (χ0) is 17.5. The molecule has 0 aliphatic rings. The number of methoxy groups -OCH3 is 1. The smallest absolute Gasteiger partial charge is 0.337 e. The molecule has 0 bridgehead atoms. The van der Waals surface area contributed by atoms with Gasteiger partial charge in [0.2, 0.25) is 0 Å². The molecule has 5 heteroatoms. The van der Waals surface area contributed by atoms with E-state index in [1.807, 2.05) is 32.0 Å². The van der Waals surface area contributed by atoms with E-state index in [1.165, 1.54) is 12.7 Å². The SMILES string of the molecule is COC(=O)c1ccc(CNC(=O)COc2ccc(C)c(C)c2)cc1. The summed E-state index contributed by atoms with van der Waals surface area (Å²) in [5.41, 5.74) is 3.67. The van der Waals surface area contributed by atoms with E-state index in [1.54, 1.807) is 24.3 Å². The lowest BCUT2D eigenvalue weighted by Gasteiger charge is -2.09. The lowest BCUT2D eigenvalue weighted by molar-refractivity contribution is -0.123. The molecule has 1 amide bonds. The fourth-order valence-corrected chi connectivity index (χ4v) is 2.08. The van der Waals surface area contributed by atoms with Crippen LogP contribution >= 0.6 is 0 Å². The number of hydrogen-bond acceptors (Lipinski definition) is 4. The third-order valence-corrected chi connectivity index (χ3v) is 3.71. The van der Waals surface area contributed by atoms with Crippen LogP contribution in [0.5, 0.6) is 5.75 Å². The van der Waals surface area contributed by atoms with Crippen molar-refractivity contribution in [2.75, 3.05) is 13.7 Å². The van der Waals surface area contributed by atoms with Crippen LogP contribution in [-0.2, 0) is 16.1 Å². The van der Waals surface area contributed by atoms with E-state index in [0.29, 0.717) is 17.9 Å². The van der Waals surface area contributed by atoms with Gasteiger partial charge in [0.25, 0.3) is 5.91 Å². The van der Waals surface area contributed by atoms with Gasteiger partial charge < -0.3 is 14.8 Å². The molecule has 5 nitrogen and oxygen atoms in total. The average Bonchev–Trinajstić information content (AvgIpc) is 2.60. The summed E-state index contributed by atoms with van der Waals surface area (Å²) in [6.07, 6.45) is 0. The minimum Gasteiger partial charge on any atom is -0.484 e. The van der Waals surface area contributed by atoms with E-state index in [0.717, 1.165) is 11.1 Å². The van der Waals surface area contributed by atoms with Crippen LogP contribution in [0.3, 0.4) is 0 Å². The Labute approximate surface area is 141 Å². The molecule has 0 aromatic heterocycles. The molecule has 0 aliphatic carbocycles. The van der Waals surface area contributed by atoms with Crippen LogP contribution in [0.2, 0.25) is 0 Å². The van der Waals surface area contributed by atoms with Gasteiger partial charge in [0.15, 0.2) is 6.61 Å². The summed E-state index contributed by atoms with van der Waals surface area (Å²) >= 11 is 0. The monoisotopic (exact) mass is 327 g/mol. The summed E-state index contributed by atoms with van der Waals surface area (Å²) in [7, 11) is 1.34. The van der Waals surface area contributed by atoms with Gasteiger partial charge in [0.05, 0.1) is 12.7 Å². The maximum atomic E-state index is 11.9. The van der Waals surface area contributed by atoms with Gasteiger partial charge in [-0.1, -0.05) is 18.2 Å². The number of nitrogens with one attached hydrogen (secondary N) is 1. The maximum absolute atomic E-state index is 11.9. The summed E-state index contributed by atoms with van der Waals surface area (Å²) in [5.74, 6) is 0.0910. The molecule has 0 saturated carbocycles. The number of carbonyl (C=O) groups excluding carboxylic acids is 2. The predicted octanol–water partition coefficient (Wildman–Crippen LogP) is 2.79. The lowest BCUT2D eigenvalue weighted by atomic mass is 10.1. The van der Waals surface area contributed by atoms with Crippen LogP contribution in [0.25, 0.3) is 0 Å². The third kappa shape index (κ3) is 4.84. The summed E-state index contributed by atoms with van der Waals surface area (Å²) < 4.78 is 10.1. The normalized spacial score (nSPS) is 10.1. The fraction of sp³-hybridized carbons (Fsp3) is 0.263. The van der Waals surface area contributed by atoms with Crippen LogP contribution in [-0.4, -0.2) is 25.6 Å². The topological polar surface area (TPSA) is 64.6 Å². The Bertz CT molecular complexity index is 723. The van der Waals surface area contributed by atoms with Crippen molar-refractivity contribution in [2.24, 2.45) is 0 Å². The van der Waals surface area contributed by atoms with Gasteiger partial charge in [-0.15, -0.1) is 0 Å². The summed E-state index contributed by atoms with van der Waals surface area (Å²) in [5, 5.41) is 2.78. The molecule has 1 N–H and O–H groups in total. The standard InChI is InChI=1S/C19H21NO4/c1-13-4-9-17(10-14(13)2)24-12-18(21)20-11-15-5-7-16(8-6-15)19(22)23-3/h4-10H,11-12H2,1-3H3,(H,20,21). The zero-order valence-electron chi connectivity index (χ0n) is 14.1. The maximum Gasteiger partial charge on any atom is 0.337 e. The summed E-state index contributed by atoms with van der Waals surface area (Å²) in [4.78, 5) is 23.2. The molecule has 0 aliphatic heterocycles. The molecule has 0 radical (unpaired) electrons. The molecule has 0 atom stereocenters. The molecule has 0 heterocycles. The highest BCUT2D eigenvalue weighted by molar-refractivity contribution is 5.89. The Morgan fingerprint density at radius 1 is 1.00 bits per heavy atom. The van der Waals surface area contributed by atoms with Crippen LogP contribution in [0, 0.1) is 13.8 Å². The number of ether oxygens (including phenoxy) is 2. The highest BCUT2D eigenvalue weighted by Crippen LogP contribution is 2.16. The van der Waals surface area contributed by atoms with Crippen molar-refractivity contribution in [3.8, 4) is 5.75 Å². The Morgan fingerprint density at radius 3 is 2.33 bits per heavy atom. The molecule has 0 spiro atoms. The minimum atomic E-state index is -0.382. The summed E-state index contributed by atoms with van der Waals surface area (Å²) in [6.45, 7) is 4.36. The van der Waals surface area contributed by atoms with Gasteiger partial charge in [-0.05, 0) is 54.8 Å². The van der Waals surface area contributed by atoms with Crippen molar-refractivity contribution < 1.29 is 19.1 Å². The molecule has 2 rings (SSSR count). The number of rotatable bonds is 6. The number of aryl methyl sites for hydroxylation is 2. The molecule has 2 aromatic carbocycles. The van der Waals surface area contributed by atoms with E-state index in [9.17, 15) is 9.59 Å². The quantitative estimate of drug-likeness (QED) is 0.829. The molecule has 2 aromatic rings. The van der Waals surface area contributed by atoms with Crippen molar-refractivity contribution in [1.29, 1.82) is 0 Å². The first kappa shape index (κ1) is 17.5. The zero-order valence-corrected chi connectivity index (χ0v) is 14.1. The van der Waals surface area contributed by atoms with Gasteiger partial charge in [-0.3, -0.25) is 4.79 Å². The lowest BCUT2D eigenvalue weighted by Crippen LogP contribution is -2.28. The van der Waals surface area contributed by atoms with Crippen LogP contribution in [0.15, 0.2) is 42.5 Å². The van der Waals surface area contributed by atoms with E-state index in [2.05, 4.69) is 10.1 Å². The number of hydrogen-bond donors (Lipinski definition) is 1.